The van der Waals surface area contributed by atoms with E-state index >= 15 is 0 Å². The number of anilines is 1. The van der Waals surface area contributed by atoms with Gasteiger partial charge in [0.05, 0.1) is 11.0 Å². The molecule has 0 saturated carbocycles. The van der Waals surface area contributed by atoms with Gasteiger partial charge in [0, 0.05) is 16.8 Å². The van der Waals surface area contributed by atoms with Gasteiger partial charge < -0.3 is 15.3 Å². The molecule has 0 radical (unpaired) electrons. The third-order valence-electron chi connectivity index (χ3n) is 3.41. The second-order valence-corrected chi connectivity index (χ2v) is 5.58. The van der Waals surface area contributed by atoms with E-state index in [1.165, 1.54) is 6.08 Å². The number of hydrogen-bond donors (Lipinski definition) is 3. The monoisotopic (exact) mass is 327 g/mol. The first-order valence-electron chi connectivity index (χ1n) is 6.98. The van der Waals surface area contributed by atoms with Crippen LogP contribution < -0.4 is 11.0 Å². The lowest BCUT2D eigenvalue weighted by Crippen LogP contribution is -2.07. The summed E-state index contributed by atoms with van der Waals surface area (Å²) in [7, 11) is 0. The highest BCUT2D eigenvalue weighted by molar-refractivity contribution is 6.31. The fourth-order valence-electron chi connectivity index (χ4n) is 2.18. The SMILES string of the molecule is Cc1ccc(/C=C/C(=O)Nc2ccc3[nH]c(=O)[nH]c3c2)cc1Cl. The molecule has 1 aromatic heterocycles. The molecule has 0 fully saturated rings. The number of hydrogen-bond acceptors (Lipinski definition) is 2. The fourth-order valence-corrected chi connectivity index (χ4v) is 2.37. The number of aryl methyl sites for hydroxylation is 1. The topological polar surface area (TPSA) is 77.8 Å². The van der Waals surface area contributed by atoms with Gasteiger partial charge in [-0.15, -0.1) is 0 Å². The summed E-state index contributed by atoms with van der Waals surface area (Å²) in [6, 6.07) is 10.7. The Morgan fingerprint density at radius 2 is 1.91 bits per heavy atom. The highest BCUT2D eigenvalue weighted by atomic mass is 35.5. The Labute approximate surface area is 137 Å². The Bertz CT molecular complexity index is 969. The zero-order valence-corrected chi connectivity index (χ0v) is 13.1. The Morgan fingerprint density at radius 1 is 1.13 bits per heavy atom. The van der Waals surface area contributed by atoms with Crippen LogP contribution in [0.25, 0.3) is 17.1 Å². The molecule has 6 heteroatoms. The van der Waals surface area contributed by atoms with Crippen LogP contribution in [-0.2, 0) is 4.79 Å². The van der Waals surface area contributed by atoms with Crippen molar-refractivity contribution in [2.45, 2.75) is 6.92 Å². The molecular formula is C17H14ClN3O2. The highest BCUT2D eigenvalue weighted by Gasteiger charge is 2.02. The van der Waals surface area contributed by atoms with Crippen LogP contribution in [-0.4, -0.2) is 15.9 Å². The van der Waals surface area contributed by atoms with Crippen LogP contribution in [0.4, 0.5) is 5.69 Å². The van der Waals surface area contributed by atoms with Crippen LogP contribution in [0.15, 0.2) is 47.3 Å². The van der Waals surface area contributed by atoms with Gasteiger partial charge in [0.25, 0.3) is 0 Å². The largest absolute Gasteiger partial charge is 0.323 e. The number of carbonyl (C=O) groups is 1. The molecule has 0 spiro atoms. The van der Waals surface area contributed by atoms with E-state index in [9.17, 15) is 9.59 Å². The summed E-state index contributed by atoms with van der Waals surface area (Å²) in [4.78, 5) is 28.5. The van der Waals surface area contributed by atoms with Gasteiger partial charge in [-0.1, -0.05) is 23.7 Å². The molecule has 0 aliphatic heterocycles. The predicted octanol–water partition coefficient (Wildman–Crippen LogP) is 3.47. The van der Waals surface area contributed by atoms with Gasteiger partial charge in [0.2, 0.25) is 5.91 Å². The smallest absolute Gasteiger partial charge is 0.322 e. The molecule has 0 aliphatic rings. The lowest BCUT2D eigenvalue weighted by atomic mass is 10.1. The lowest BCUT2D eigenvalue weighted by Gasteiger charge is -2.02. The summed E-state index contributed by atoms with van der Waals surface area (Å²) in [6.07, 6.45) is 3.13. The van der Waals surface area contributed by atoms with E-state index in [-0.39, 0.29) is 11.6 Å². The highest BCUT2D eigenvalue weighted by Crippen LogP contribution is 2.18. The number of benzene rings is 2. The fraction of sp³-hybridized carbons (Fsp3) is 0.0588. The zero-order chi connectivity index (χ0) is 16.4. The van der Waals surface area contributed by atoms with Gasteiger partial charge in [0.1, 0.15) is 0 Å². The number of fused-ring (bicyclic) bond motifs is 1. The van der Waals surface area contributed by atoms with Crippen molar-refractivity contribution < 1.29 is 4.79 Å². The van der Waals surface area contributed by atoms with Crippen LogP contribution in [0.3, 0.4) is 0 Å². The number of amides is 1. The third-order valence-corrected chi connectivity index (χ3v) is 3.81. The molecule has 23 heavy (non-hydrogen) atoms. The van der Waals surface area contributed by atoms with E-state index in [1.54, 1.807) is 30.3 Å². The summed E-state index contributed by atoms with van der Waals surface area (Å²) < 4.78 is 0. The van der Waals surface area contributed by atoms with Crippen molar-refractivity contribution in [3.63, 3.8) is 0 Å². The molecule has 0 bridgehead atoms. The minimum atomic E-state index is -0.278. The van der Waals surface area contributed by atoms with Crippen LogP contribution in [0, 0.1) is 6.92 Å². The maximum atomic E-state index is 12.0. The van der Waals surface area contributed by atoms with Crippen LogP contribution in [0.5, 0.6) is 0 Å². The van der Waals surface area contributed by atoms with E-state index in [2.05, 4.69) is 15.3 Å². The molecule has 3 N–H and O–H groups in total. The molecule has 0 unspecified atom stereocenters. The van der Waals surface area contributed by atoms with E-state index in [0.29, 0.717) is 21.7 Å². The molecule has 1 amide bonds. The molecule has 0 aliphatic carbocycles. The third kappa shape index (κ3) is 3.52. The van der Waals surface area contributed by atoms with Gasteiger partial charge in [-0.25, -0.2) is 4.79 Å². The number of aromatic nitrogens is 2. The van der Waals surface area contributed by atoms with Crippen molar-refractivity contribution in [3.8, 4) is 0 Å². The Balaban J connectivity index is 1.73. The summed E-state index contributed by atoms with van der Waals surface area (Å²) in [6.45, 7) is 1.92. The maximum Gasteiger partial charge on any atom is 0.323 e. The first-order valence-corrected chi connectivity index (χ1v) is 7.36. The number of halogens is 1. The van der Waals surface area contributed by atoms with E-state index < -0.39 is 0 Å². The molecule has 5 nitrogen and oxygen atoms in total. The van der Waals surface area contributed by atoms with Crippen molar-refractivity contribution in [2.75, 3.05) is 5.32 Å². The summed E-state index contributed by atoms with van der Waals surface area (Å²) in [5, 5.41) is 3.41. The molecule has 0 atom stereocenters. The number of imidazole rings is 1. The van der Waals surface area contributed by atoms with E-state index in [0.717, 1.165) is 11.1 Å². The lowest BCUT2D eigenvalue weighted by molar-refractivity contribution is -0.111. The van der Waals surface area contributed by atoms with Crippen molar-refractivity contribution in [1.29, 1.82) is 0 Å². The second kappa shape index (κ2) is 6.14. The van der Waals surface area contributed by atoms with Crippen LogP contribution in [0.2, 0.25) is 5.02 Å². The molecule has 116 valence electrons. The van der Waals surface area contributed by atoms with E-state index in [4.69, 9.17) is 11.6 Å². The first-order chi connectivity index (χ1) is 11.0. The van der Waals surface area contributed by atoms with Gasteiger partial charge >= 0.3 is 5.69 Å². The van der Waals surface area contributed by atoms with Crippen LogP contribution in [0.1, 0.15) is 11.1 Å². The average molecular weight is 328 g/mol. The normalized spacial score (nSPS) is 11.2. The Morgan fingerprint density at radius 3 is 2.70 bits per heavy atom. The summed E-state index contributed by atoms with van der Waals surface area (Å²) in [5.74, 6) is -0.265. The van der Waals surface area contributed by atoms with E-state index in [1.807, 2.05) is 19.1 Å². The molecule has 0 saturated heterocycles. The first kappa shape index (κ1) is 15.1. The average Bonchev–Trinajstić information content (AvgIpc) is 2.88. The Kier molecular flexibility index (Phi) is 4.04. The standard InChI is InChI=1S/C17H14ClN3O2/c1-10-2-3-11(8-13(10)18)4-7-16(22)19-12-5-6-14-15(9-12)21-17(23)20-14/h2-9H,1H3,(H,19,22)(H2,20,21,23)/b7-4+. The molecule has 3 rings (SSSR count). The number of aromatic amines is 2. The maximum absolute atomic E-state index is 12.0. The zero-order valence-electron chi connectivity index (χ0n) is 12.3. The van der Waals surface area contributed by atoms with Crippen molar-refractivity contribution in [1.82, 2.24) is 9.97 Å². The summed E-state index contributed by atoms with van der Waals surface area (Å²) in [5.41, 5.74) is 3.49. The number of nitrogens with one attached hydrogen (secondary N) is 3. The van der Waals surface area contributed by atoms with Crippen LogP contribution >= 0.6 is 11.6 Å². The number of carbonyl (C=O) groups excluding carboxylic acids is 1. The predicted molar refractivity (Wildman–Crippen MR) is 92.8 cm³/mol. The van der Waals surface area contributed by atoms with Crippen molar-refractivity contribution in [2.24, 2.45) is 0 Å². The van der Waals surface area contributed by atoms with Gasteiger partial charge in [0.15, 0.2) is 0 Å². The molecule has 3 aromatic rings. The number of H-pyrrole nitrogens is 2. The van der Waals surface area contributed by atoms with Gasteiger partial charge in [-0.05, 0) is 48.4 Å². The minimum Gasteiger partial charge on any atom is -0.322 e. The molecule has 2 aromatic carbocycles. The Hall–Kier alpha value is -2.79. The molecule has 1 heterocycles. The quantitative estimate of drug-likeness (QED) is 0.644. The summed E-state index contributed by atoms with van der Waals surface area (Å²) >= 11 is 6.05. The van der Waals surface area contributed by atoms with Crippen molar-refractivity contribution >= 4 is 40.3 Å². The van der Waals surface area contributed by atoms with Crippen molar-refractivity contribution in [3.05, 3.63) is 69.1 Å². The minimum absolute atomic E-state index is 0.265. The second-order valence-electron chi connectivity index (χ2n) is 5.17. The van der Waals surface area contributed by atoms with Gasteiger partial charge in [-0.3, -0.25) is 4.79 Å². The van der Waals surface area contributed by atoms with Gasteiger partial charge in [-0.2, -0.15) is 0 Å². The molecular weight excluding hydrogens is 314 g/mol. The number of rotatable bonds is 3.